The molecule has 0 spiro atoms. The lowest BCUT2D eigenvalue weighted by Gasteiger charge is -2.28. The summed E-state index contributed by atoms with van der Waals surface area (Å²) in [7, 11) is 0. The predicted molar refractivity (Wildman–Crippen MR) is 64.8 cm³/mol. The molecule has 2 rings (SSSR count). The van der Waals surface area contributed by atoms with Crippen LogP contribution in [0.25, 0.3) is 0 Å². The Morgan fingerprint density at radius 3 is 3.31 bits per heavy atom. The van der Waals surface area contributed by atoms with E-state index in [1.807, 2.05) is 18.3 Å². The molecule has 0 saturated heterocycles. The number of nitrogens with two attached hydrogens (primary N) is 1. The number of nitrogens with one attached hydrogen (secondary N) is 1. The molecule has 5 heteroatoms. The molecule has 16 heavy (non-hydrogen) atoms. The van der Waals surface area contributed by atoms with E-state index in [0.29, 0.717) is 0 Å². The van der Waals surface area contributed by atoms with Crippen LogP contribution in [0, 0.1) is 5.92 Å². The van der Waals surface area contributed by atoms with Crippen LogP contribution in [0.4, 0.5) is 0 Å². The molecule has 1 atom stereocenters. The molecule has 0 fully saturated rings. The highest BCUT2D eigenvalue weighted by atomic mass is 32.1. The lowest BCUT2D eigenvalue weighted by molar-refractivity contribution is -0.125. The fourth-order valence-electron chi connectivity index (χ4n) is 2.08. The van der Waals surface area contributed by atoms with Gasteiger partial charge in [0.2, 0.25) is 5.91 Å². The van der Waals surface area contributed by atoms with Gasteiger partial charge in [0.25, 0.3) is 0 Å². The maximum absolute atomic E-state index is 11.3. The summed E-state index contributed by atoms with van der Waals surface area (Å²) in [5.41, 5.74) is 3.62. The topological polar surface area (TPSA) is 58.4 Å². The third kappa shape index (κ3) is 2.42. The molecule has 2 heterocycles. The number of carbonyl (C=O) groups excluding carboxylic acids is 1. The van der Waals surface area contributed by atoms with E-state index < -0.39 is 0 Å². The highest BCUT2D eigenvalue weighted by molar-refractivity contribution is 7.10. The molecular formula is C11H17N3OS. The van der Waals surface area contributed by atoms with Crippen LogP contribution in [0.5, 0.6) is 0 Å². The summed E-state index contributed by atoms with van der Waals surface area (Å²) in [5.74, 6) is 4.98. The summed E-state index contributed by atoms with van der Waals surface area (Å²) in [6, 6.07) is 2.18. The van der Waals surface area contributed by atoms with E-state index in [9.17, 15) is 4.79 Å². The Kier molecular flexibility index (Phi) is 3.58. The van der Waals surface area contributed by atoms with Gasteiger partial charge in [-0.3, -0.25) is 15.1 Å². The van der Waals surface area contributed by atoms with Gasteiger partial charge in [0.1, 0.15) is 0 Å². The summed E-state index contributed by atoms with van der Waals surface area (Å²) in [6.07, 6.45) is 1.10. The highest BCUT2D eigenvalue weighted by Crippen LogP contribution is 2.24. The summed E-state index contributed by atoms with van der Waals surface area (Å²) in [4.78, 5) is 15.1. The number of hydrogen-bond donors (Lipinski definition) is 2. The summed E-state index contributed by atoms with van der Waals surface area (Å²) >= 11 is 1.83. The van der Waals surface area contributed by atoms with Crippen LogP contribution in [0.1, 0.15) is 17.4 Å². The Balaban J connectivity index is 1.92. The van der Waals surface area contributed by atoms with E-state index in [1.165, 1.54) is 10.4 Å². The van der Waals surface area contributed by atoms with Gasteiger partial charge in [-0.05, 0) is 23.4 Å². The first-order chi connectivity index (χ1) is 7.70. The second kappa shape index (κ2) is 4.95. The largest absolute Gasteiger partial charge is 0.298 e. The average molecular weight is 239 g/mol. The van der Waals surface area contributed by atoms with Gasteiger partial charge in [0, 0.05) is 30.4 Å². The lowest BCUT2D eigenvalue weighted by Crippen LogP contribution is -2.41. The fourth-order valence-corrected chi connectivity index (χ4v) is 2.96. The van der Waals surface area contributed by atoms with Crippen molar-refractivity contribution in [2.45, 2.75) is 19.9 Å². The molecule has 4 nitrogen and oxygen atoms in total. The van der Waals surface area contributed by atoms with E-state index in [2.05, 4.69) is 21.8 Å². The van der Waals surface area contributed by atoms with Crippen LogP contribution >= 0.6 is 11.3 Å². The maximum atomic E-state index is 11.3. The monoisotopic (exact) mass is 239 g/mol. The Morgan fingerprint density at radius 1 is 1.75 bits per heavy atom. The molecule has 1 aliphatic rings. The van der Waals surface area contributed by atoms with Gasteiger partial charge in [0.05, 0.1) is 0 Å². The van der Waals surface area contributed by atoms with E-state index in [4.69, 9.17) is 5.84 Å². The molecule has 1 unspecified atom stereocenters. The van der Waals surface area contributed by atoms with Crippen molar-refractivity contribution in [2.75, 3.05) is 13.1 Å². The van der Waals surface area contributed by atoms with Gasteiger partial charge in [-0.25, -0.2) is 5.84 Å². The zero-order valence-electron chi connectivity index (χ0n) is 9.40. The maximum Gasteiger partial charge on any atom is 0.237 e. The van der Waals surface area contributed by atoms with E-state index in [-0.39, 0.29) is 11.8 Å². The number of nitrogens with zero attached hydrogens (tertiary/aromatic N) is 1. The summed E-state index contributed by atoms with van der Waals surface area (Å²) < 4.78 is 0. The van der Waals surface area contributed by atoms with Crippen molar-refractivity contribution < 1.29 is 4.79 Å². The zero-order chi connectivity index (χ0) is 11.5. The van der Waals surface area contributed by atoms with Crippen LogP contribution in [0.15, 0.2) is 11.4 Å². The number of hydrogen-bond acceptors (Lipinski definition) is 4. The first-order valence-corrected chi connectivity index (χ1v) is 6.36. The molecule has 1 amide bonds. The minimum atomic E-state index is -0.0869. The Morgan fingerprint density at radius 2 is 2.56 bits per heavy atom. The molecule has 0 bridgehead atoms. The predicted octanol–water partition coefficient (Wildman–Crippen LogP) is 0.732. The molecule has 1 aromatic heterocycles. The average Bonchev–Trinajstić information content (AvgIpc) is 2.75. The van der Waals surface area contributed by atoms with Gasteiger partial charge in [-0.15, -0.1) is 11.3 Å². The molecule has 0 aromatic carbocycles. The van der Waals surface area contributed by atoms with E-state index >= 15 is 0 Å². The smallest absolute Gasteiger partial charge is 0.237 e. The molecule has 0 saturated carbocycles. The number of rotatable bonds is 3. The van der Waals surface area contributed by atoms with E-state index in [1.54, 1.807) is 0 Å². The lowest BCUT2D eigenvalue weighted by atomic mass is 10.1. The van der Waals surface area contributed by atoms with Crippen LogP contribution < -0.4 is 11.3 Å². The molecule has 0 aliphatic carbocycles. The number of amides is 1. The molecule has 1 aromatic rings. The third-order valence-electron chi connectivity index (χ3n) is 3.01. The summed E-state index contributed by atoms with van der Waals surface area (Å²) in [6.45, 7) is 4.68. The Hall–Kier alpha value is -0.910. The standard InChI is InChI=1S/C11H17N3OS/c1-8(11(15)13-12)6-14-4-2-10-9(7-14)3-5-16-10/h3,5,8H,2,4,6-7,12H2,1H3,(H,13,15). The second-order valence-corrected chi connectivity index (χ2v) is 5.26. The molecule has 88 valence electrons. The molecule has 0 radical (unpaired) electrons. The quantitative estimate of drug-likeness (QED) is 0.464. The molecule has 1 aliphatic heterocycles. The minimum Gasteiger partial charge on any atom is -0.298 e. The van der Waals surface area contributed by atoms with Crippen LogP contribution in [0.3, 0.4) is 0 Å². The highest BCUT2D eigenvalue weighted by Gasteiger charge is 2.21. The Labute approximate surface area is 99.4 Å². The Bertz CT molecular complexity index is 377. The van der Waals surface area contributed by atoms with Gasteiger partial charge >= 0.3 is 0 Å². The van der Waals surface area contributed by atoms with Crippen molar-refractivity contribution >= 4 is 17.2 Å². The van der Waals surface area contributed by atoms with Crippen molar-refractivity contribution in [1.29, 1.82) is 0 Å². The second-order valence-electron chi connectivity index (χ2n) is 4.26. The van der Waals surface area contributed by atoms with Crippen molar-refractivity contribution in [1.82, 2.24) is 10.3 Å². The van der Waals surface area contributed by atoms with Gasteiger partial charge in [-0.1, -0.05) is 6.92 Å². The van der Waals surface area contributed by atoms with Gasteiger partial charge in [0.15, 0.2) is 0 Å². The molecule has 3 N–H and O–H groups in total. The first-order valence-electron chi connectivity index (χ1n) is 5.48. The van der Waals surface area contributed by atoms with Crippen molar-refractivity contribution in [3.8, 4) is 0 Å². The molecular weight excluding hydrogens is 222 g/mol. The fraction of sp³-hybridized carbons (Fsp3) is 0.545. The van der Waals surface area contributed by atoms with Crippen LogP contribution in [-0.2, 0) is 17.8 Å². The first kappa shape index (κ1) is 11.6. The number of fused-ring (bicyclic) bond motifs is 1. The third-order valence-corrected chi connectivity index (χ3v) is 4.03. The number of hydrazine groups is 1. The number of carbonyl (C=O) groups is 1. The van der Waals surface area contributed by atoms with Crippen molar-refractivity contribution in [3.05, 3.63) is 21.9 Å². The minimum absolute atomic E-state index is 0.0508. The summed E-state index contributed by atoms with van der Waals surface area (Å²) in [5, 5.41) is 2.14. The van der Waals surface area contributed by atoms with Crippen LogP contribution in [-0.4, -0.2) is 23.9 Å². The van der Waals surface area contributed by atoms with Crippen molar-refractivity contribution in [2.24, 2.45) is 11.8 Å². The van der Waals surface area contributed by atoms with Gasteiger partial charge in [-0.2, -0.15) is 0 Å². The van der Waals surface area contributed by atoms with Crippen LogP contribution in [0.2, 0.25) is 0 Å². The van der Waals surface area contributed by atoms with E-state index in [0.717, 1.165) is 26.1 Å². The normalized spacial score (nSPS) is 17.9. The van der Waals surface area contributed by atoms with Crippen molar-refractivity contribution in [3.63, 3.8) is 0 Å². The number of thiophene rings is 1. The zero-order valence-corrected chi connectivity index (χ0v) is 10.2. The van der Waals surface area contributed by atoms with Gasteiger partial charge < -0.3 is 0 Å². The SMILES string of the molecule is CC(CN1CCc2sccc2C1)C(=O)NN.